The van der Waals surface area contributed by atoms with Crippen LogP contribution in [0, 0.1) is 5.82 Å². The zero-order valence-corrected chi connectivity index (χ0v) is 11.1. The van der Waals surface area contributed by atoms with Gasteiger partial charge in [0.05, 0.1) is 16.7 Å². The summed E-state index contributed by atoms with van der Waals surface area (Å²) in [7, 11) is 1.83. The van der Waals surface area contributed by atoms with Crippen LogP contribution in [0.25, 0.3) is 10.9 Å². The lowest BCUT2D eigenvalue weighted by Gasteiger charge is -2.20. The van der Waals surface area contributed by atoms with E-state index in [4.69, 9.17) is 5.73 Å². The Hall–Kier alpha value is -0.870. The average molecular weight is 285 g/mol. The Labute approximate surface area is 102 Å². The van der Waals surface area contributed by atoms with Crippen LogP contribution in [0.1, 0.15) is 19.5 Å². The van der Waals surface area contributed by atoms with Gasteiger partial charge in [-0.1, -0.05) is 12.1 Å². The Morgan fingerprint density at radius 2 is 2.00 bits per heavy atom. The molecule has 86 valence electrons. The molecule has 0 aliphatic heterocycles. The Morgan fingerprint density at radius 3 is 2.50 bits per heavy atom. The predicted octanol–water partition coefficient (Wildman–Crippen LogP) is 3.27. The number of hydrogen-bond acceptors (Lipinski definition) is 1. The van der Waals surface area contributed by atoms with E-state index in [2.05, 4.69) is 15.9 Å². The van der Waals surface area contributed by atoms with Crippen LogP contribution < -0.4 is 5.73 Å². The highest BCUT2D eigenvalue weighted by molar-refractivity contribution is 9.10. The molecular weight excluding hydrogens is 271 g/mol. The molecule has 1 heterocycles. The van der Waals surface area contributed by atoms with E-state index < -0.39 is 5.54 Å². The van der Waals surface area contributed by atoms with Gasteiger partial charge in [-0.3, -0.25) is 0 Å². The topological polar surface area (TPSA) is 30.9 Å². The van der Waals surface area contributed by atoms with Gasteiger partial charge in [0, 0.05) is 16.9 Å². The van der Waals surface area contributed by atoms with Gasteiger partial charge < -0.3 is 10.3 Å². The number of para-hydroxylation sites is 1. The minimum atomic E-state index is -0.515. The molecule has 2 N–H and O–H groups in total. The Bertz CT molecular complexity index is 552. The third-order valence-electron chi connectivity index (χ3n) is 2.71. The van der Waals surface area contributed by atoms with Gasteiger partial charge in [-0.2, -0.15) is 0 Å². The molecule has 0 spiro atoms. The molecule has 2 aromatic rings. The van der Waals surface area contributed by atoms with Gasteiger partial charge in [0.15, 0.2) is 0 Å². The van der Waals surface area contributed by atoms with Crippen molar-refractivity contribution in [2.45, 2.75) is 19.4 Å². The highest BCUT2D eigenvalue weighted by Gasteiger charge is 2.25. The molecule has 1 aromatic heterocycles. The molecule has 0 radical (unpaired) electrons. The molecule has 4 heteroatoms. The van der Waals surface area contributed by atoms with Crippen molar-refractivity contribution in [3.05, 3.63) is 34.2 Å². The van der Waals surface area contributed by atoms with E-state index in [9.17, 15) is 4.39 Å². The van der Waals surface area contributed by atoms with E-state index in [-0.39, 0.29) is 5.82 Å². The van der Waals surface area contributed by atoms with Crippen LogP contribution in [-0.4, -0.2) is 4.57 Å². The summed E-state index contributed by atoms with van der Waals surface area (Å²) in [5, 5.41) is 0.857. The number of rotatable bonds is 1. The van der Waals surface area contributed by atoms with Crippen LogP contribution >= 0.6 is 15.9 Å². The minimum absolute atomic E-state index is 0.226. The third kappa shape index (κ3) is 1.57. The molecule has 2 nitrogen and oxygen atoms in total. The molecule has 0 aliphatic carbocycles. The van der Waals surface area contributed by atoms with Gasteiger partial charge in [0.2, 0.25) is 0 Å². The number of aromatic nitrogens is 1. The summed E-state index contributed by atoms with van der Waals surface area (Å²) < 4.78 is 16.4. The molecule has 0 saturated carbocycles. The normalized spacial score (nSPS) is 12.4. The Kier molecular flexibility index (Phi) is 2.59. The van der Waals surface area contributed by atoms with Crippen molar-refractivity contribution in [3.63, 3.8) is 0 Å². The molecule has 0 fully saturated rings. The first kappa shape index (κ1) is 11.6. The van der Waals surface area contributed by atoms with Gasteiger partial charge in [-0.25, -0.2) is 4.39 Å². The van der Waals surface area contributed by atoms with Crippen LogP contribution in [0.2, 0.25) is 0 Å². The lowest BCUT2D eigenvalue weighted by molar-refractivity contribution is 0.511. The quantitative estimate of drug-likeness (QED) is 0.856. The molecule has 0 bridgehead atoms. The number of fused-ring (bicyclic) bond motifs is 1. The summed E-state index contributed by atoms with van der Waals surface area (Å²) in [5.41, 5.74) is 7.07. The lowest BCUT2D eigenvalue weighted by atomic mass is 10.0. The van der Waals surface area contributed by atoms with E-state index in [1.54, 1.807) is 6.07 Å². The third-order valence-corrected chi connectivity index (χ3v) is 3.52. The maximum Gasteiger partial charge on any atom is 0.147 e. The Morgan fingerprint density at radius 1 is 1.38 bits per heavy atom. The van der Waals surface area contributed by atoms with Crippen LogP contribution in [0.4, 0.5) is 4.39 Å². The number of benzene rings is 1. The first-order valence-corrected chi connectivity index (χ1v) is 5.85. The summed E-state index contributed by atoms with van der Waals surface area (Å²) >= 11 is 3.51. The van der Waals surface area contributed by atoms with E-state index in [0.29, 0.717) is 5.52 Å². The van der Waals surface area contributed by atoms with E-state index in [1.807, 2.05) is 31.5 Å². The molecular formula is C12H14BrFN2. The second-order valence-electron chi connectivity index (χ2n) is 4.58. The van der Waals surface area contributed by atoms with E-state index in [0.717, 1.165) is 15.6 Å². The zero-order chi connectivity index (χ0) is 12.1. The largest absolute Gasteiger partial charge is 0.343 e. The molecule has 0 unspecified atom stereocenters. The van der Waals surface area contributed by atoms with Gasteiger partial charge in [0.1, 0.15) is 5.82 Å². The van der Waals surface area contributed by atoms with Crippen molar-refractivity contribution < 1.29 is 4.39 Å². The summed E-state index contributed by atoms with van der Waals surface area (Å²) in [5.74, 6) is -0.226. The summed E-state index contributed by atoms with van der Waals surface area (Å²) in [4.78, 5) is 0. The standard InChI is InChI=1S/C12H14BrFN2/c1-12(2,15)11-9(13)7-5-4-6-8(14)10(7)16(11)3/h4-6H,15H2,1-3H3. The monoisotopic (exact) mass is 284 g/mol. The minimum Gasteiger partial charge on any atom is -0.343 e. The van der Waals surface area contributed by atoms with Gasteiger partial charge in [0.25, 0.3) is 0 Å². The van der Waals surface area contributed by atoms with Crippen molar-refractivity contribution in [3.8, 4) is 0 Å². The first-order valence-electron chi connectivity index (χ1n) is 5.06. The molecule has 16 heavy (non-hydrogen) atoms. The molecule has 1 aromatic carbocycles. The van der Waals surface area contributed by atoms with Crippen LogP contribution in [0.5, 0.6) is 0 Å². The zero-order valence-electron chi connectivity index (χ0n) is 9.51. The number of nitrogens with two attached hydrogens (primary N) is 1. The van der Waals surface area contributed by atoms with E-state index in [1.165, 1.54) is 6.07 Å². The number of nitrogens with zero attached hydrogens (tertiary/aromatic N) is 1. The average Bonchev–Trinajstić information content (AvgIpc) is 2.39. The van der Waals surface area contributed by atoms with Crippen LogP contribution in [-0.2, 0) is 12.6 Å². The molecule has 0 amide bonds. The van der Waals surface area contributed by atoms with Crippen molar-refractivity contribution >= 4 is 26.8 Å². The van der Waals surface area contributed by atoms with Crippen molar-refractivity contribution in [1.82, 2.24) is 4.57 Å². The van der Waals surface area contributed by atoms with Crippen molar-refractivity contribution in [1.29, 1.82) is 0 Å². The fourth-order valence-electron chi connectivity index (χ4n) is 2.14. The van der Waals surface area contributed by atoms with Crippen LogP contribution in [0.15, 0.2) is 22.7 Å². The number of aryl methyl sites for hydroxylation is 1. The summed E-state index contributed by atoms with van der Waals surface area (Å²) in [6, 6.07) is 5.05. The van der Waals surface area contributed by atoms with Gasteiger partial charge >= 0.3 is 0 Å². The molecule has 2 rings (SSSR count). The molecule has 0 saturated heterocycles. The predicted molar refractivity (Wildman–Crippen MR) is 67.8 cm³/mol. The van der Waals surface area contributed by atoms with Crippen LogP contribution in [0.3, 0.4) is 0 Å². The number of halogens is 2. The summed E-state index contributed by atoms with van der Waals surface area (Å²) in [6.45, 7) is 3.81. The number of hydrogen-bond donors (Lipinski definition) is 1. The highest BCUT2D eigenvalue weighted by Crippen LogP contribution is 2.36. The van der Waals surface area contributed by atoms with Crippen molar-refractivity contribution in [2.24, 2.45) is 12.8 Å². The second-order valence-corrected chi connectivity index (χ2v) is 5.37. The lowest BCUT2D eigenvalue weighted by Crippen LogP contribution is -2.31. The first-order chi connectivity index (χ1) is 7.34. The molecule has 0 atom stereocenters. The SMILES string of the molecule is Cn1c(C(C)(C)N)c(Br)c2cccc(F)c21. The maximum atomic E-state index is 13.7. The van der Waals surface area contributed by atoms with Gasteiger partial charge in [-0.05, 0) is 35.8 Å². The smallest absolute Gasteiger partial charge is 0.147 e. The summed E-state index contributed by atoms with van der Waals surface area (Å²) in [6.07, 6.45) is 0. The Balaban J connectivity index is 2.94. The van der Waals surface area contributed by atoms with E-state index >= 15 is 0 Å². The fourth-order valence-corrected chi connectivity index (χ4v) is 3.23. The fraction of sp³-hybridized carbons (Fsp3) is 0.333. The maximum absolute atomic E-state index is 13.7. The highest BCUT2D eigenvalue weighted by atomic mass is 79.9. The second kappa shape index (κ2) is 3.57. The molecule has 0 aliphatic rings. The van der Waals surface area contributed by atoms with Crippen molar-refractivity contribution in [2.75, 3.05) is 0 Å². The van der Waals surface area contributed by atoms with Gasteiger partial charge in [-0.15, -0.1) is 0 Å².